The zero-order chi connectivity index (χ0) is 19.9. The van der Waals surface area contributed by atoms with Gasteiger partial charge in [-0.1, -0.05) is 31.5 Å². The maximum absolute atomic E-state index is 12.6. The summed E-state index contributed by atoms with van der Waals surface area (Å²) in [6.07, 6.45) is 1.92. The maximum Gasteiger partial charge on any atom is 0.239 e. The van der Waals surface area contributed by atoms with Crippen molar-refractivity contribution >= 4 is 17.5 Å². The van der Waals surface area contributed by atoms with Crippen molar-refractivity contribution in [1.29, 1.82) is 0 Å². The number of anilines is 1. The lowest BCUT2D eigenvalue weighted by Crippen LogP contribution is -2.46. The molecule has 2 amide bonds. The van der Waals surface area contributed by atoms with Gasteiger partial charge in [-0.05, 0) is 56.7 Å². The highest BCUT2D eigenvalue weighted by molar-refractivity contribution is 6.09. The minimum absolute atomic E-state index is 0.183. The number of hydrogen-bond acceptors (Lipinski definition) is 3. The SMILES string of the molecule is CCCCN(C)C(=O)C(C)(C)C(=O)Nc1ccc(Oc2ccccc2)cc1. The summed E-state index contributed by atoms with van der Waals surface area (Å²) in [7, 11) is 1.74. The highest BCUT2D eigenvalue weighted by atomic mass is 16.5. The summed E-state index contributed by atoms with van der Waals surface area (Å²) < 4.78 is 5.74. The van der Waals surface area contributed by atoms with Gasteiger partial charge in [0.05, 0.1) is 0 Å². The lowest BCUT2D eigenvalue weighted by molar-refractivity contribution is -0.145. The van der Waals surface area contributed by atoms with Crippen LogP contribution in [0.5, 0.6) is 11.5 Å². The summed E-state index contributed by atoms with van der Waals surface area (Å²) >= 11 is 0. The molecule has 0 radical (unpaired) electrons. The predicted octanol–water partition coefficient (Wildman–Crippen LogP) is 4.70. The van der Waals surface area contributed by atoms with Crippen LogP contribution in [-0.2, 0) is 9.59 Å². The van der Waals surface area contributed by atoms with Crippen molar-refractivity contribution in [2.24, 2.45) is 5.41 Å². The van der Waals surface area contributed by atoms with Crippen molar-refractivity contribution < 1.29 is 14.3 Å². The highest BCUT2D eigenvalue weighted by Gasteiger charge is 2.38. The Labute approximate surface area is 161 Å². The predicted molar refractivity (Wildman–Crippen MR) is 108 cm³/mol. The summed E-state index contributed by atoms with van der Waals surface area (Å²) in [6, 6.07) is 16.6. The first-order valence-corrected chi connectivity index (χ1v) is 9.24. The number of amides is 2. The average molecular weight is 368 g/mol. The van der Waals surface area contributed by atoms with E-state index in [1.165, 1.54) is 0 Å². The first-order chi connectivity index (χ1) is 12.8. The average Bonchev–Trinajstić information content (AvgIpc) is 2.67. The Morgan fingerprint density at radius 1 is 1.00 bits per heavy atom. The summed E-state index contributed by atoms with van der Waals surface area (Å²) in [5, 5.41) is 2.82. The molecule has 0 aliphatic heterocycles. The van der Waals surface area contributed by atoms with Gasteiger partial charge in [-0.25, -0.2) is 0 Å². The smallest absolute Gasteiger partial charge is 0.239 e. The minimum atomic E-state index is -1.14. The number of ether oxygens (including phenoxy) is 1. The van der Waals surface area contributed by atoms with E-state index in [-0.39, 0.29) is 11.8 Å². The number of hydrogen-bond donors (Lipinski definition) is 1. The van der Waals surface area contributed by atoms with Crippen molar-refractivity contribution in [3.63, 3.8) is 0 Å². The van der Waals surface area contributed by atoms with Gasteiger partial charge in [0.1, 0.15) is 16.9 Å². The topological polar surface area (TPSA) is 58.6 Å². The monoisotopic (exact) mass is 368 g/mol. The van der Waals surface area contributed by atoms with Gasteiger partial charge in [-0.2, -0.15) is 0 Å². The molecule has 0 heterocycles. The van der Waals surface area contributed by atoms with Crippen LogP contribution in [0.2, 0.25) is 0 Å². The van der Waals surface area contributed by atoms with Crippen LogP contribution in [0, 0.1) is 5.41 Å². The molecule has 0 spiro atoms. The Morgan fingerprint density at radius 3 is 2.19 bits per heavy atom. The van der Waals surface area contributed by atoms with Crippen molar-refractivity contribution in [2.45, 2.75) is 33.6 Å². The number of benzene rings is 2. The molecule has 27 heavy (non-hydrogen) atoms. The van der Waals surface area contributed by atoms with Crippen LogP contribution < -0.4 is 10.1 Å². The lowest BCUT2D eigenvalue weighted by Gasteiger charge is -2.28. The van der Waals surface area contributed by atoms with Crippen LogP contribution in [-0.4, -0.2) is 30.3 Å². The number of unbranched alkanes of at least 4 members (excludes halogenated alkanes) is 1. The van der Waals surface area contributed by atoms with E-state index in [0.717, 1.165) is 18.6 Å². The van der Waals surface area contributed by atoms with E-state index in [2.05, 4.69) is 12.2 Å². The van der Waals surface area contributed by atoms with E-state index < -0.39 is 5.41 Å². The normalized spacial score (nSPS) is 11.0. The quantitative estimate of drug-likeness (QED) is 0.687. The van der Waals surface area contributed by atoms with Gasteiger partial charge in [0.15, 0.2) is 0 Å². The van der Waals surface area contributed by atoms with Crippen LogP contribution in [0.1, 0.15) is 33.6 Å². The second-order valence-electron chi connectivity index (χ2n) is 7.10. The molecular weight excluding hydrogens is 340 g/mol. The van der Waals surface area contributed by atoms with Gasteiger partial charge in [-0.3, -0.25) is 9.59 Å². The Balaban J connectivity index is 1.99. The Morgan fingerprint density at radius 2 is 1.59 bits per heavy atom. The first-order valence-electron chi connectivity index (χ1n) is 9.24. The molecule has 0 saturated heterocycles. The molecule has 2 rings (SSSR count). The summed E-state index contributed by atoms with van der Waals surface area (Å²) in [5.41, 5.74) is -0.515. The second kappa shape index (κ2) is 9.21. The van der Waals surface area contributed by atoms with E-state index in [1.807, 2.05) is 30.3 Å². The fraction of sp³-hybridized carbons (Fsp3) is 0.364. The third-order valence-electron chi connectivity index (χ3n) is 4.39. The van der Waals surface area contributed by atoms with Gasteiger partial charge in [0.25, 0.3) is 0 Å². The molecule has 2 aromatic carbocycles. The zero-order valence-electron chi connectivity index (χ0n) is 16.5. The summed E-state index contributed by atoms with van der Waals surface area (Å²) in [6.45, 7) is 6.03. The Hall–Kier alpha value is -2.82. The fourth-order valence-electron chi connectivity index (χ4n) is 2.59. The molecule has 0 bridgehead atoms. The Bertz CT molecular complexity index is 755. The standard InChI is InChI=1S/C22H28N2O3/c1-5-6-16-24(4)21(26)22(2,3)20(25)23-17-12-14-19(15-13-17)27-18-10-8-7-9-11-18/h7-15H,5-6,16H2,1-4H3,(H,23,25). The van der Waals surface area contributed by atoms with Crippen LogP contribution >= 0.6 is 0 Å². The van der Waals surface area contributed by atoms with Crippen molar-refractivity contribution in [3.8, 4) is 11.5 Å². The number of carbonyl (C=O) groups is 2. The third kappa shape index (κ3) is 5.58. The third-order valence-corrected chi connectivity index (χ3v) is 4.39. The van der Waals surface area contributed by atoms with E-state index in [4.69, 9.17) is 4.74 Å². The van der Waals surface area contributed by atoms with Crippen LogP contribution in [0.15, 0.2) is 54.6 Å². The lowest BCUT2D eigenvalue weighted by atomic mass is 9.90. The van der Waals surface area contributed by atoms with E-state index in [0.29, 0.717) is 18.0 Å². The van der Waals surface area contributed by atoms with Crippen molar-refractivity contribution in [1.82, 2.24) is 4.90 Å². The molecule has 0 aliphatic rings. The summed E-state index contributed by atoms with van der Waals surface area (Å²) in [4.78, 5) is 26.9. The van der Waals surface area contributed by atoms with Gasteiger partial charge in [0.2, 0.25) is 11.8 Å². The van der Waals surface area contributed by atoms with Gasteiger partial charge < -0.3 is 15.0 Å². The molecule has 5 heteroatoms. The maximum atomic E-state index is 12.6. The molecule has 2 aromatic rings. The molecule has 0 unspecified atom stereocenters. The van der Waals surface area contributed by atoms with E-state index in [9.17, 15) is 9.59 Å². The number of nitrogens with one attached hydrogen (secondary N) is 1. The molecule has 0 saturated carbocycles. The van der Waals surface area contributed by atoms with E-state index in [1.54, 1.807) is 50.1 Å². The molecule has 0 fully saturated rings. The molecule has 0 aliphatic carbocycles. The van der Waals surface area contributed by atoms with E-state index >= 15 is 0 Å². The molecule has 144 valence electrons. The molecule has 0 atom stereocenters. The van der Waals surface area contributed by atoms with Crippen LogP contribution in [0.3, 0.4) is 0 Å². The van der Waals surface area contributed by atoms with Gasteiger partial charge in [0, 0.05) is 19.3 Å². The van der Waals surface area contributed by atoms with Crippen LogP contribution in [0.4, 0.5) is 5.69 Å². The zero-order valence-corrected chi connectivity index (χ0v) is 16.5. The van der Waals surface area contributed by atoms with Gasteiger partial charge in [-0.15, -0.1) is 0 Å². The number of carbonyl (C=O) groups excluding carboxylic acids is 2. The first kappa shape index (κ1) is 20.5. The fourth-order valence-corrected chi connectivity index (χ4v) is 2.59. The highest BCUT2D eigenvalue weighted by Crippen LogP contribution is 2.25. The van der Waals surface area contributed by atoms with Crippen molar-refractivity contribution in [3.05, 3.63) is 54.6 Å². The summed E-state index contributed by atoms with van der Waals surface area (Å²) in [5.74, 6) is 0.912. The van der Waals surface area contributed by atoms with Crippen molar-refractivity contribution in [2.75, 3.05) is 18.9 Å². The molecule has 5 nitrogen and oxygen atoms in total. The Kier molecular flexibility index (Phi) is 6.99. The second-order valence-corrected chi connectivity index (χ2v) is 7.10. The van der Waals surface area contributed by atoms with Gasteiger partial charge >= 0.3 is 0 Å². The van der Waals surface area contributed by atoms with Crippen LogP contribution in [0.25, 0.3) is 0 Å². The number of rotatable bonds is 8. The largest absolute Gasteiger partial charge is 0.457 e. The number of nitrogens with zero attached hydrogens (tertiary/aromatic N) is 1. The minimum Gasteiger partial charge on any atom is -0.457 e. The molecular formula is C22H28N2O3. The molecule has 1 N–H and O–H groups in total. The number of para-hydroxylation sites is 1. The molecule has 0 aromatic heterocycles.